The van der Waals surface area contributed by atoms with Crippen molar-refractivity contribution in [1.29, 1.82) is 0 Å². The Hall–Kier alpha value is -1.36. The van der Waals surface area contributed by atoms with E-state index in [1.54, 1.807) is 13.8 Å². The zero-order chi connectivity index (χ0) is 21.3. The van der Waals surface area contributed by atoms with Gasteiger partial charge in [0.1, 0.15) is 29.5 Å². The van der Waals surface area contributed by atoms with Gasteiger partial charge in [0.05, 0.1) is 18.1 Å². The van der Waals surface area contributed by atoms with Crippen LogP contribution in [0.1, 0.15) is 27.2 Å². The molecule has 1 spiro atoms. The first-order valence-electron chi connectivity index (χ1n) is 9.90. The largest absolute Gasteiger partial charge is 0.460 e. The Kier molecular flexibility index (Phi) is 3.56. The van der Waals surface area contributed by atoms with Crippen LogP contribution in [-0.4, -0.2) is 85.6 Å². The smallest absolute Gasteiger partial charge is 0.338 e. The number of rotatable bonds is 0. The zero-order valence-corrected chi connectivity index (χ0v) is 16.4. The minimum Gasteiger partial charge on any atom is -0.460 e. The Bertz CT molecular complexity index is 855. The molecule has 9 heteroatoms. The van der Waals surface area contributed by atoms with E-state index < -0.39 is 76.1 Å². The van der Waals surface area contributed by atoms with Crippen molar-refractivity contribution in [2.75, 3.05) is 6.61 Å². The highest BCUT2D eigenvalue weighted by Crippen LogP contribution is 2.73. The van der Waals surface area contributed by atoms with Gasteiger partial charge in [0.2, 0.25) is 0 Å². The molecule has 5 aliphatic rings. The first-order valence-corrected chi connectivity index (χ1v) is 9.90. The van der Waals surface area contributed by atoms with E-state index in [9.17, 15) is 35.1 Å². The molecule has 29 heavy (non-hydrogen) atoms. The summed E-state index contributed by atoms with van der Waals surface area (Å²) in [5.74, 6) is -3.08. The number of ketones is 1. The quantitative estimate of drug-likeness (QED) is 0.287. The maximum Gasteiger partial charge on any atom is 0.338 e. The van der Waals surface area contributed by atoms with Crippen LogP contribution in [-0.2, 0) is 19.1 Å². The maximum atomic E-state index is 12.5. The number of allylic oxidation sites excluding steroid dienone is 1. The van der Waals surface area contributed by atoms with Gasteiger partial charge in [-0.3, -0.25) is 4.79 Å². The molecule has 2 saturated carbocycles. The molecule has 160 valence electrons. The van der Waals surface area contributed by atoms with Gasteiger partial charge in [-0.25, -0.2) is 4.79 Å². The van der Waals surface area contributed by atoms with E-state index in [-0.39, 0.29) is 13.0 Å². The molecule has 5 N–H and O–H groups in total. The molecule has 2 heterocycles. The lowest BCUT2D eigenvalue weighted by Crippen LogP contribution is -2.86. The van der Waals surface area contributed by atoms with E-state index >= 15 is 0 Å². The van der Waals surface area contributed by atoms with Crippen LogP contribution in [0.15, 0.2) is 11.6 Å². The van der Waals surface area contributed by atoms with Crippen LogP contribution < -0.4 is 0 Å². The molecule has 0 radical (unpaired) electrons. The van der Waals surface area contributed by atoms with Crippen molar-refractivity contribution in [3.05, 3.63) is 11.6 Å². The number of hydrogen-bond donors (Lipinski definition) is 5. The third-order valence-electron chi connectivity index (χ3n) is 8.96. The number of aliphatic hydroxyl groups is 5. The van der Waals surface area contributed by atoms with Crippen LogP contribution in [0.2, 0.25) is 0 Å². The molecule has 2 aliphatic heterocycles. The summed E-state index contributed by atoms with van der Waals surface area (Å²) >= 11 is 0. The third kappa shape index (κ3) is 1.70. The average Bonchev–Trinajstić information content (AvgIpc) is 2.85. The van der Waals surface area contributed by atoms with E-state index in [2.05, 4.69) is 0 Å². The van der Waals surface area contributed by atoms with Crippen molar-refractivity contribution in [2.45, 2.75) is 68.9 Å². The van der Waals surface area contributed by atoms with Crippen molar-refractivity contribution < 1.29 is 44.6 Å². The molecule has 9 nitrogen and oxygen atoms in total. The second-order valence-electron chi connectivity index (χ2n) is 9.79. The number of ether oxygens (including phenoxy) is 2. The summed E-state index contributed by atoms with van der Waals surface area (Å²) in [6, 6.07) is 0. The van der Waals surface area contributed by atoms with Gasteiger partial charge >= 0.3 is 5.97 Å². The van der Waals surface area contributed by atoms with Crippen LogP contribution in [0.5, 0.6) is 0 Å². The van der Waals surface area contributed by atoms with E-state index in [1.807, 2.05) is 0 Å². The maximum absolute atomic E-state index is 12.5. The fraction of sp³-hybridized carbons (Fsp3) is 0.800. The molecular weight excluding hydrogens is 384 g/mol. The number of aliphatic hydroxyl groups excluding tert-OH is 4. The summed E-state index contributed by atoms with van der Waals surface area (Å²) in [5.41, 5.74) is -6.22. The van der Waals surface area contributed by atoms with Gasteiger partial charge in [-0.1, -0.05) is 12.5 Å². The third-order valence-corrected chi connectivity index (χ3v) is 8.96. The lowest BCUT2D eigenvalue weighted by molar-refractivity contribution is -0.351. The molecule has 5 rings (SSSR count). The standard InChI is InChI=1S/C20H26O9/c1-7-4-9(21)13(23)17(2)8(7)5-10-19-6-28-18(3,14(24)11(22)12(17)19)20(19,27)15(25)16(26)29-10/h4,8,10-15,22-25,27H,5-6H2,1-3H3/t8-,10+,11+,12+,13+,14-,15-,17-,18+,19+,20+/m0/s1. The van der Waals surface area contributed by atoms with Crippen molar-refractivity contribution in [3.8, 4) is 0 Å². The SMILES string of the molecule is CC1=CC(=O)[C@@H](O)[C@]2(C)[C@H]3[C@@H](O)[C@H](O)[C@@]4(C)OC[C@@]35[C@@H](C[C@@H]12)OC(=O)[C@H](O)[C@]54O. The zero-order valence-electron chi connectivity index (χ0n) is 16.4. The molecule has 11 atom stereocenters. The van der Waals surface area contributed by atoms with Crippen LogP contribution in [0, 0.1) is 22.7 Å². The average molecular weight is 410 g/mol. The molecule has 0 aromatic carbocycles. The van der Waals surface area contributed by atoms with Gasteiger partial charge in [-0.15, -0.1) is 0 Å². The van der Waals surface area contributed by atoms with Gasteiger partial charge < -0.3 is 35.0 Å². The minimum absolute atomic E-state index is 0.183. The first-order chi connectivity index (χ1) is 13.4. The minimum atomic E-state index is -2.27. The normalized spacial score (nSPS) is 60.8. The number of esters is 1. The second kappa shape index (κ2) is 5.27. The van der Waals surface area contributed by atoms with Crippen LogP contribution >= 0.6 is 0 Å². The fourth-order valence-corrected chi connectivity index (χ4v) is 7.56. The van der Waals surface area contributed by atoms with Gasteiger partial charge in [0.25, 0.3) is 0 Å². The molecule has 3 aliphatic carbocycles. The number of carbonyl (C=O) groups is 2. The van der Waals surface area contributed by atoms with Gasteiger partial charge in [-0.2, -0.15) is 0 Å². The van der Waals surface area contributed by atoms with Gasteiger partial charge in [0.15, 0.2) is 11.9 Å². The van der Waals surface area contributed by atoms with E-state index in [4.69, 9.17) is 9.47 Å². The van der Waals surface area contributed by atoms with Crippen molar-refractivity contribution in [2.24, 2.45) is 22.7 Å². The van der Waals surface area contributed by atoms with Crippen LogP contribution in [0.25, 0.3) is 0 Å². The molecular formula is C20H26O9. The van der Waals surface area contributed by atoms with Gasteiger partial charge in [-0.05, 0) is 32.3 Å². The Balaban J connectivity index is 1.83. The van der Waals surface area contributed by atoms with Crippen molar-refractivity contribution >= 4 is 11.8 Å². The monoisotopic (exact) mass is 410 g/mol. The summed E-state index contributed by atoms with van der Waals surface area (Å²) in [7, 11) is 0. The van der Waals surface area contributed by atoms with E-state index in [1.165, 1.54) is 13.0 Å². The molecule has 0 aromatic heterocycles. The molecule has 4 fully saturated rings. The van der Waals surface area contributed by atoms with Crippen molar-refractivity contribution in [1.82, 2.24) is 0 Å². The topological polar surface area (TPSA) is 154 Å². The Morgan fingerprint density at radius 2 is 1.76 bits per heavy atom. The highest BCUT2D eigenvalue weighted by molar-refractivity contribution is 5.96. The highest BCUT2D eigenvalue weighted by Gasteiger charge is 2.88. The lowest BCUT2D eigenvalue weighted by atomic mass is 9.36. The summed E-state index contributed by atoms with van der Waals surface area (Å²) in [4.78, 5) is 25.0. The lowest BCUT2D eigenvalue weighted by Gasteiger charge is -2.70. The molecule has 0 unspecified atom stereocenters. The van der Waals surface area contributed by atoms with Crippen LogP contribution in [0.4, 0.5) is 0 Å². The summed E-state index contributed by atoms with van der Waals surface area (Å²) < 4.78 is 11.4. The van der Waals surface area contributed by atoms with E-state index in [0.29, 0.717) is 5.57 Å². The Morgan fingerprint density at radius 1 is 1.10 bits per heavy atom. The Labute approximate surface area is 166 Å². The molecule has 0 aromatic rings. The van der Waals surface area contributed by atoms with Gasteiger partial charge in [0, 0.05) is 11.3 Å². The number of carbonyl (C=O) groups excluding carboxylic acids is 2. The predicted octanol–water partition coefficient (Wildman–Crippen LogP) is -1.95. The summed E-state index contributed by atoms with van der Waals surface area (Å²) in [5, 5.41) is 55.8. The first kappa shape index (κ1) is 19.6. The van der Waals surface area contributed by atoms with E-state index in [0.717, 1.165) is 0 Å². The Morgan fingerprint density at radius 3 is 2.41 bits per heavy atom. The predicted molar refractivity (Wildman–Crippen MR) is 94.1 cm³/mol. The summed E-state index contributed by atoms with van der Waals surface area (Å²) in [6.45, 7) is 4.52. The molecule has 2 bridgehead atoms. The fourth-order valence-electron chi connectivity index (χ4n) is 7.56. The molecule has 0 amide bonds. The molecule has 2 saturated heterocycles. The number of hydrogen-bond acceptors (Lipinski definition) is 9. The summed E-state index contributed by atoms with van der Waals surface area (Å²) in [6.07, 6.45) is -6.07. The highest BCUT2D eigenvalue weighted by atomic mass is 16.6. The second-order valence-corrected chi connectivity index (χ2v) is 9.79. The number of fused-ring (bicyclic) bond motifs is 2. The van der Waals surface area contributed by atoms with Crippen molar-refractivity contribution in [3.63, 3.8) is 0 Å². The van der Waals surface area contributed by atoms with Crippen LogP contribution in [0.3, 0.4) is 0 Å².